The Balaban J connectivity index is 1.78. The molecule has 5 heteroatoms. The quantitative estimate of drug-likeness (QED) is 0.829. The molecule has 1 saturated heterocycles. The molecule has 5 nitrogen and oxygen atoms in total. The van der Waals surface area contributed by atoms with Gasteiger partial charge in [-0.25, -0.2) is 4.68 Å². The van der Waals surface area contributed by atoms with E-state index in [1.165, 1.54) is 11.1 Å². The predicted octanol–water partition coefficient (Wildman–Crippen LogP) is 1.52. The van der Waals surface area contributed by atoms with Crippen LogP contribution in [0.2, 0.25) is 0 Å². The molecule has 0 N–H and O–H groups in total. The average molecular weight is 289 g/mol. The molecule has 2 heterocycles. The Morgan fingerprint density at radius 3 is 2.90 bits per heavy atom. The second-order valence-corrected chi connectivity index (χ2v) is 6.25. The largest absolute Gasteiger partial charge is 0.338 e. The van der Waals surface area contributed by atoms with Crippen LogP contribution in [0, 0.1) is 0 Å². The summed E-state index contributed by atoms with van der Waals surface area (Å²) in [7, 11) is 0. The topological polar surface area (TPSA) is 55.2 Å². The molecule has 1 fully saturated rings. The van der Waals surface area contributed by atoms with E-state index in [1.54, 1.807) is 6.07 Å². The molecule has 0 saturated carbocycles. The van der Waals surface area contributed by atoms with Crippen molar-refractivity contribution in [3.8, 4) is 0 Å². The summed E-state index contributed by atoms with van der Waals surface area (Å²) in [6.07, 6.45) is 7.40. The van der Waals surface area contributed by atoms with Crippen molar-refractivity contribution < 1.29 is 4.79 Å². The van der Waals surface area contributed by atoms with Crippen LogP contribution in [-0.4, -0.2) is 33.2 Å². The molecule has 1 amide bonds. The van der Waals surface area contributed by atoms with E-state index < -0.39 is 0 Å². The van der Waals surface area contributed by atoms with Crippen LogP contribution in [0.25, 0.3) is 0 Å². The van der Waals surface area contributed by atoms with Crippen LogP contribution in [0.15, 0.2) is 10.9 Å². The fraction of sp³-hybridized carbons (Fsp3) is 0.688. The number of amides is 1. The van der Waals surface area contributed by atoms with Gasteiger partial charge in [0.15, 0.2) is 0 Å². The van der Waals surface area contributed by atoms with Crippen LogP contribution >= 0.6 is 0 Å². The normalized spacial score (nSPS) is 22.0. The first-order valence-corrected chi connectivity index (χ1v) is 8.04. The number of carbonyl (C=O) groups excluding carboxylic acids is 1. The Bertz CT molecular complexity index is 594. The molecule has 2 aliphatic rings. The van der Waals surface area contributed by atoms with Crippen molar-refractivity contribution in [3.63, 3.8) is 0 Å². The monoisotopic (exact) mass is 289 g/mol. The summed E-state index contributed by atoms with van der Waals surface area (Å²) in [5.74, 6) is 0.0209. The zero-order chi connectivity index (χ0) is 14.8. The van der Waals surface area contributed by atoms with E-state index in [4.69, 9.17) is 0 Å². The van der Waals surface area contributed by atoms with Crippen LogP contribution in [-0.2, 0) is 24.2 Å². The van der Waals surface area contributed by atoms with Crippen molar-refractivity contribution in [1.29, 1.82) is 0 Å². The van der Waals surface area contributed by atoms with E-state index in [2.05, 4.69) is 12.0 Å². The van der Waals surface area contributed by atoms with E-state index in [1.807, 2.05) is 4.90 Å². The van der Waals surface area contributed by atoms with Gasteiger partial charge < -0.3 is 4.90 Å². The molecular formula is C16H23N3O2. The summed E-state index contributed by atoms with van der Waals surface area (Å²) in [4.78, 5) is 26.4. The lowest BCUT2D eigenvalue weighted by atomic mass is 9.97. The van der Waals surface area contributed by atoms with E-state index in [0.29, 0.717) is 0 Å². The van der Waals surface area contributed by atoms with Crippen LogP contribution in [0.1, 0.15) is 50.3 Å². The highest BCUT2D eigenvalue weighted by molar-refractivity contribution is 5.76. The van der Waals surface area contributed by atoms with Gasteiger partial charge in [0.25, 0.3) is 5.56 Å². The molecule has 1 unspecified atom stereocenters. The van der Waals surface area contributed by atoms with Gasteiger partial charge in [-0.2, -0.15) is 5.10 Å². The van der Waals surface area contributed by atoms with E-state index in [-0.39, 0.29) is 24.1 Å². The average Bonchev–Trinajstić information content (AvgIpc) is 2.48. The third kappa shape index (κ3) is 3.01. The number of rotatable bonds is 2. The van der Waals surface area contributed by atoms with Crippen molar-refractivity contribution in [1.82, 2.24) is 14.7 Å². The van der Waals surface area contributed by atoms with E-state index in [0.717, 1.165) is 56.3 Å². The second kappa shape index (κ2) is 6.00. The van der Waals surface area contributed by atoms with Gasteiger partial charge in [-0.1, -0.05) is 0 Å². The second-order valence-electron chi connectivity index (χ2n) is 6.25. The molecule has 1 aliphatic carbocycles. The summed E-state index contributed by atoms with van der Waals surface area (Å²) in [5, 5.41) is 4.43. The molecule has 1 aromatic heterocycles. The summed E-state index contributed by atoms with van der Waals surface area (Å²) < 4.78 is 1.35. The highest BCUT2D eigenvalue weighted by Gasteiger charge is 2.24. The fourth-order valence-corrected chi connectivity index (χ4v) is 3.40. The van der Waals surface area contributed by atoms with Gasteiger partial charge in [-0.05, 0) is 57.4 Å². The molecule has 1 aromatic rings. The molecule has 0 aromatic carbocycles. The zero-order valence-corrected chi connectivity index (χ0v) is 12.7. The Hall–Kier alpha value is -1.65. The molecular weight excluding hydrogens is 266 g/mol. The number of aryl methyl sites for hydroxylation is 2. The summed E-state index contributed by atoms with van der Waals surface area (Å²) in [6.45, 7) is 2.97. The predicted molar refractivity (Wildman–Crippen MR) is 80.2 cm³/mol. The molecule has 0 radical (unpaired) electrons. The maximum absolute atomic E-state index is 12.4. The molecule has 1 aliphatic heterocycles. The van der Waals surface area contributed by atoms with Crippen LogP contribution in [0.5, 0.6) is 0 Å². The lowest BCUT2D eigenvalue weighted by Gasteiger charge is -2.33. The first kappa shape index (κ1) is 14.3. The number of piperidine rings is 1. The number of hydrogen-bond donors (Lipinski definition) is 0. The number of carbonyl (C=O) groups is 1. The number of likely N-dealkylation sites (tertiary alicyclic amines) is 1. The number of nitrogens with zero attached hydrogens (tertiary/aromatic N) is 3. The van der Waals surface area contributed by atoms with Crippen molar-refractivity contribution in [2.75, 3.05) is 6.54 Å². The molecule has 21 heavy (non-hydrogen) atoms. The Kier molecular flexibility index (Phi) is 4.08. The Morgan fingerprint density at radius 2 is 2.10 bits per heavy atom. The van der Waals surface area contributed by atoms with Crippen molar-refractivity contribution in [3.05, 3.63) is 27.7 Å². The smallest absolute Gasteiger partial charge is 0.267 e. The minimum absolute atomic E-state index is 0.0209. The van der Waals surface area contributed by atoms with Crippen LogP contribution in [0.3, 0.4) is 0 Å². The lowest BCUT2D eigenvalue weighted by molar-refractivity contribution is -0.135. The van der Waals surface area contributed by atoms with Gasteiger partial charge in [0, 0.05) is 18.7 Å². The van der Waals surface area contributed by atoms with Gasteiger partial charge >= 0.3 is 0 Å². The van der Waals surface area contributed by atoms with Crippen molar-refractivity contribution >= 4 is 5.91 Å². The van der Waals surface area contributed by atoms with Crippen LogP contribution in [0.4, 0.5) is 0 Å². The highest BCUT2D eigenvalue weighted by atomic mass is 16.2. The van der Waals surface area contributed by atoms with Gasteiger partial charge in [0.2, 0.25) is 5.91 Å². The first-order valence-electron chi connectivity index (χ1n) is 8.04. The van der Waals surface area contributed by atoms with Gasteiger partial charge in [0.1, 0.15) is 6.54 Å². The number of aromatic nitrogens is 2. The minimum Gasteiger partial charge on any atom is -0.338 e. The zero-order valence-electron chi connectivity index (χ0n) is 12.7. The van der Waals surface area contributed by atoms with Crippen molar-refractivity contribution in [2.45, 2.75) is 64.5 Å². The molecule has 114 valence electrons. The number of fused-ring (bicyclic) bond motifs is 1. The van der Waals surface area contributed by atoms with Gasteiger partial charge in [-0.15, -0.1) is 0 Å². The molecule has 0 spiro atoms. The van der Waals surface area contributed by atoms with Gasteiger partial charge in [0.05, 0.1) is 5.69 Å². The van der Waals surface area contributed by atoms with E-state index in [9.17, 15) is 9.59 Å². The van der Waals surface area contributed by atoms with E-state index >= 15 is 0 Å². The molecule has 3 rings (SSSR count). The molecule has 1 atom stereocenters. The maximum atomic E-state index is 12.4. The Labute approximate surface area is 124 Å². The fourth-order valence-electron chi connectivity index (χ4n) is 3.40. The molecule has 0 bridgehead atoms. The lowest BCUT2D eigenvalue weighted by Crippen LogP contribution is -2.45. The van der Waals surface area contributed by atoms with Gasteiger partial charge in [-0.3, -0.25) is 9.59 Å². The standard InChI is InChI=1S/C16H23N3O2/c1-12-6-4-5-9-18(12)16(21)11-19-15(20)10-13-7-2-3-8-14(13)17-19/h10,12H,2-9,11H2,1H3. The number of hydrogen-bond acceptors (Lipinski definition) is 3. The summed E-state index contributed by atoms with van der Waals surface area (Å²) in [6, 6.07) is 1.95. The SMILES string of the molecule is CC1CCCCN1C(=O)Cn1nc2c(cc1=O)CCCC2. The third-order valence-electron chi connectivity index (χ3n) is 4.68. The summed E-state index contributed by atoms with van der Waals surface area (Å²) >= 11 is 0. The maximum Gasteiger partial charge on any atom is 0.267 e. The first-order chi connectivity index (χ1) is 10.1. The van der Waals surface area contributed by atoms with Crippen LogP contribution < -0.4 is 5.56 Å². The minimum atomic E-state index is -0.145. The van der Waals surface area contributed by atoms with Crippen molar-refractivity contribution in [2.24, 2.45) is 0 Å². The third-order valence-corrected chi connectivity index (χ3v) is 4.68. The summed E-state index contributed by atoms with van der Waals surface area (Å²) in [5.41, 5.74) is 1.93. The Morgan fingerprint density at radius 1 is 1.29 bits per heavy atom. The highest BCUT2D eigenvalue weighted by Crippen LogP contribution is 2.18.